The number of ether oxygens (including phenoxy) is 2. The molecule has 2 rings (SSSR count). The third-order valence-corrected chi connectivity index (χ3v) is 4.24. The van der Waals surface area contributed by atoms with Gasteiger partial charge in [-0.2, -0.15) is 0 Å². The Morgan fingerprint density at radius 1 is 1.00 bits per heavy atom. The summed E-state index contributed by atoms with van der Waals surface area (Å²) in [6, 6.07) is 13.9. The maximum atomic E-state index is 5.98. The molecule has 0 radical (unpaired) electrons. The zero-order valence-electron chi connectivity index (χ0n) is 15.5. The Bertz CT molecular complexity index is 718. The molecule has 0 unspecified atom stereocenters. The van der Waals surface area contributed by atoms with Crippen LogP contribution in [0.1, 0.15) is 44.4 Å². The van der Waals surface area contributed by atoms with Crippen molar-refractivity contribution < 1.29 is 9.47 Å². The van der Waals surface area contributed by atoms with Gasteiger partial charge in [0, 0.05) is 5.56 Å². The van der Waals surface area contributed by atoms with Crippen LogP contribution in [-0.2, 0) is 11.8 Å². The maximum absolute atomic E-state index is 5.98. The predicted octanol–water partition coefficient (Wildman–Crippen LogP) is 4.64. The fourth-order valence-corrected chi connectivity index (χ4v) is 2.67. The molecule has 0 heterocycles. The van der Waals surface area contributed by atoms with Crippen molar-refractivity contribution in [3.05, 3.63) is 59.2 Å². The summed E-state index contributed by atoms with van der Waals surface area (Å²) in [6.45, 7) is 9.74. The van der Waals surface area contributed by atoms with Crippen LogP contribution in [0.3, 0.4) is 0 Å². The molecule has 0 aromatic heterocycles. The van der Waals surface area contributed by atoms with Gasteiger partial charge in [0.05, 0.1) is 0 Å². The molecule has 0 saturated heterocycles. The van der Waals surface area contributed by atoms with Crippen molar-refractivity contribution in [2.75, 3.05) is 13.2 Å². The highest BCUT2D eigenvalue weighted by molar-refractivity contribution is 7.80. The number of hydrogen-bond donors (Lipinski definition) is 1. The molecule has 0 aliphatic rings. The molecule has 0 spiro atoms. The molecule has 0 fully saturated rings. The van der Waals surface area contributed by atoms with E-state index >= 15 is 0 Å². The van der Waals surface area contributed by atoms with E-state index in [4.69, 9.17) is 27.4 Å². The summed E-state index contributed by atoms with van der Waals surface area (Å²) in [7, 11) is 0. The topological polar surface area (TPSA) is 44.5 Å². The van der Waals surface area contributed by atoms with Crippen LogP contribution < -0.4 is 15.2 Å². The molecule has 2 aromatic carbocycles. The van der Waals surface area contributed by atoms with Gasteiger partial charge in [0.1, 0.15) is 29.7 Å². The highest BCUT2D eigenvalue weighted by Gasteiger charge is 2.19. The minimum atomic E-state index is 0.0395. The third kappa shape index (κ3) is 5.46. The second-order valence-electron chi connectivity index (χ2n) is 7.02. The molecule has 25 heavy (non-hydrogen) atoms. The van der Waals surface area contributed by atoms with Crippen molar-refractivity contribution in [1.29, 1.82) is 0 Å². The second-order valence-corrected chi connectivity index (χ2v) is 7.46. The lowest BCUT2D eigenvalue weighted by Crippen LogP contribution is -2.16. The van der Waals surface area contributed by atoms with E-state index in [9.17, 15) is 0 Å². The quantitative estimate of drug-likeness (QED) is 0.579. The van der Waals surface area contributed by atoms with E-state index in [0.29, 0.717) is 18.2 Å². The Kier molecular flexibility index (Phi) is 6.43. The Balaban J connectivity index is 1.94. The molecule has 2 N–H and O–H groups in total. The summed E-state index contributed by atoms with van der Waals surface area (Å²) >= 11 is 4.94. The first-order valence-electron chi connectivity index (χ1n) is 8.60. The van der Waals surface area contributed by atoms with Gasteiger partial charge in [-0.15, -0.1) is 0 Å². The monoisotopic (exact) mass is 357 g/mol. The van der Waals surface area contributed by atoms with E-state index in [0.717, 1.165) is 23.5 Å². The molecule has 0 bridgehead atoms. The number of rotatable bonds is 7. The van der Waals surface area contributed by atoms with Crippen LogP contribution in [0.15, 0.2) is 42.5 Å². The molecule has 0 saturated carbocycles. The molecule has 3 nitrogen and oxygen atoms in total. The molecule has 0 atom stereocenters. The van der Waals surface area contributed by atoms with Gasteiger partial charge < -0.3 is 15.2 Å². The number of nitrogens with two attached hydrogens (primary N) is 1. The molecular weight excluding hydrogens is 330 g/mol. The summed E-state index contributed by atoms with van der Waals surface area (Å²) in [6.07, 6.45) is 1.02. The van der Waals surface area contributed by atoms with Gasteiger partial charge >= 0.3 is 0 Å². The number of hydrogen-bond acceptors (Lipinski definition) is 3. The summed E-state index contributed by atoms with van der Waals surface area (Å²) in [4.78, 5) is 0.389. The molecule has 0 amide bonds. The lowest BCUT2D eigenvalue weighted by atomic mass is 9.85. The Morgan fingerprint density at radius 2 is 1.64 bits per heavy atom. The zero-order chi connectivity index (χ0) is 18.4. The first-order chi connectivity index (χ1) is 11.8. The first-order valence-corrected chi connectivity index (χ1v) is 9.01. The minimum Gasteiger partial charge on any atom is -0.490 e. The van der Waals surface area contributed by atoms with E-state index in [-0.39, 0.29) is 5.41 Å². The number of benzene rings is 2. The standard InChI is InChI=1S/C21H27NO2S/c1-5-15-6-11-19(18(14-15)21(2,3)4)24-13-12-23-17-9-7-16(8-10-17)20(22)25/h6-11,14H,5,12-13H2,1-4H3,(H2,22,25). The summed E-state index contributed by atoms with van der Waals surface area (Å²) in [5.74, 6) is 1.71. The Morgan fingerprint density at radius 3 is 2.20 bits per heavy atom. The smallest absolute Gasteiger partial charge is 0.123 e. The summed E-state index contributed by atoms with van der Waals surface area (Å²) < 4.78 is 11.7. The van der Waals surface area contributed by atoms with E-state index < -0.39 is 0 Å². The molecule has 2 aromatic rings. The summed E-state index contributed by atoms with van der Waals surface area (Å²) in [5.41, 5.74) is 9.02. The average molecular weight is 358 g/mol. The number of aryl methyl sites for hydroxylation is 1. The normalized spacial score (nSPS) is 11.2. The van der Waals surface area contributed by atoms with Crippen LogP contribution >= 0.6 is 12.2 Å². The lowest BCUT2D eigenvalue weighted by Gasteiger charge is -2.23. The van der Waals surface area contributed by atoms with E-state index in [2.05, 4.69) is 45.9 Å². The fraction of sp³-hybridized carbons (Fsp3) is 0.381. The van der Waals surface area contributed by atoms with Gasteiger partial charge in [0.15, 0.2) is 0 Å². The van der Waals surface area contributed by atoms with Crippen LogP contribution in [0.2, 0.25) is 0 Å². The predicted molar refractivity (Wildman–Crippen MR) is 108 cm³/mol. The van der Waals surface area contributed by atoms with Gasteiger partial charge in [-0.25, -0.2) is 0 Å². The molecule has 0 aliphatic carbocycles. The molecule has 0 aliphatic heterocycles. The largest absolute Gasteiger partial charge is 0.490 e. The van der Waals surface area contributed by atoms with Crippen LogP contribution in [0.5, 0.6) is 11.5 Å². The van der Waals surface area contributed by atoms with E-state index in [1.807, 2.05) is 24.3 Å². The van der Waals surface area contributed by atoms with Crippen LogP contribution in [0, 0.1) is 0 Å². The van der Waals surface area contributed by atoms with Crippen molar-refractivity contribution in [3.8, 4) is 11.5 Å². The van der Waals surface area contributed by atoms with E-state index in [1.165, 1.54) is 11.1 Å². The van der Waals surface area contributed by atoms with Gasteiger partial charge in [-0.05, 0) is 53.3 Å². The zero-order valence-corrected chi connectivity index (χ0v) is 16.3. The lowest BCUT2D eigenvalue weighted by molar-refractivity contribution is 0.214. The van der Waals surface area contributed by atoms with Crippen LogP contribution in [0.4, 0.5) is 0 Å². The van der Waals surface area contributed by atoms with Crippen LogP contribution in [-0.4, -0.2) is 18.2 Å². The van der Waals surface area contributed by atoms with Gasteiger partial charge in [-0.3, -0.25) is 0 Å². The van der Waals surface area contributed by atoms with E-state index in [1.54, 1.807) is 0 Å². The molecule has 4 heteroatoms. The third-order valence-electron chi connectivity index (χ3n) is 4.01. The van der Waals surface area contributed by atoms with Crippen molar-refractivity contribution >= 4 is 17.2 Å². The Labute approximate surface area is 156 Å². The molecular formula is C21H27NO2S. The average Bonchev–Trinajstić information content (AvgIpc) is 2.58. The van der Waals surface area contributed by atoms with Crippen molar-refractivity contribution in [2.45, 2.75) is 39.5 Å². The summed E-state index contributed by atoms with van der Waals surface area (Å²) in [5, 5.41) is 0. The maximum Gasteiger partial charge on any atom is 0.123 e. The van der Waals surface area contributed by atoms with Gasteiger partial charge in [0.25, 0.3) is 0 Å². The SMILES string of the molecule is CCc1ccc(OCCOc2ccc(C(N)=S)cc2)c(C(C)(C)C)c1. The number of thiocarbonyl (C=S) groups is 1. The highest BCUT2D eigenvalue weighted by Crippen LogP contribution is 2.32. The highest BCUT2D eigenvalue weighted by atomic mass is 32.1. The fourth-order valence-electron chi connectivity index (χ4n) is 2.54. The van der Waals surface area contributed by atoms with Crippen molar-refractivity contribution in [3.63, 3.8) is 0 Å². The van der Waals surface area contributed by atoms with Crippen molar-refractivity contribution in [1.82, 2.24) is 0 Å². The Hall–Kier alpha value is -2.07. The second kappa shape index (κ2) is 8.34. The van der Waals surface area contributed by atoms with Gasteiger partial charge in [-0.1, -0.05) is 52.0 Å². The first kappa shape index (κ1) is 19.3. The van der Waals surface area contributed by atoms with Crippen molar-refractivity contribution in [2.24, 2.45) is 5.73 Å². The minimum absolute atomic E-state index is 0.0395. The molecule has 134 valence electrons. The van der Waals surface area contributed by atoms with Crippen LogP contribution in [0.25, 0.3) is 0 Å². The van der Waals surface area contributed by atoms with Gasteiger partial charge in [0.2, 0.25) is 0 Å².